The zero-order chi connectivity index (χ0) is 15.5. The molecule has 0 unspecified atom stereocenters. The Morgan fingerprint density at radius 3 is 2.81 bits per heavy atom. The molecule has 1 fully saturated rings. The first kappa shape index (κ1) is 17.0. The highest BCUT2D eigenvalue weighted by atomic mass is 79.9. The summed E-state index contributed by atoms with van der Waals surface area (Å²) in [5, 5.41) is 3.73. The maximum Gasteiger partial charge on any atom is 0.301 e. The highest BCUT2D eigenvalue weighted by molar-refractivity contribution is 9.10. The smallest absolute Gasteiger partial charge is 0.301 e. The molecule has 21 heavy (non-hydrogen) atoms. The Morgan fingerprint density at radius 1 is 1.43 bits per heavy atom. The highest BCUT2D eigenvalue weighted by Crippen LogP contribution is 2.27. The van der Waals surface area contributed by atoms with Gasteiger partial charge in [0.15, 0.2) is 0 Å². The number of anilines is 1. The number of halogens is 2. The normalized spacial score (nSPS) is 15.4. The van der Waals surface area contributed by atoms with E-state index in [0.29, 0.717) is 23.3 Å². The molecule has 0 radical (unpaired) electrons. The number of hydrogen-bond donors (Lipinski definition) is 2. The fraction of sp³-hybridized carbons (Fsp3) is 0.538. The summed E-state index contributed by atoms with van der Waals surface area (Å²) < 4.78 is 29.0. The lowest BCUT2D eigenvalue weighted by Crippen LogP contribution is -2.34. The highest BCUT2D eigenvalue weighted by Gasteiger charge is 2.21. The summed E-state index contributed by atoms with van der Waals surface area (Å²) >= 11 is 9.30. The molecule has 0 amide bonds. The summed E-state index contributed by atoms with van der Waals surface area (Å²) in [7, 11) is -2.03. The molecule has 5 nitrogen and oxygen atoms in total. The van der Waals surface area contributed by atoms with Crippen molar-refractivity contribution in [3.05, 3.63) is 27.7 Å². The molecular formula is C13H19BrClN3O2S. The van der Waals surface area contributed by atoms with E-state index in [2.05, 4.69) is 26.0 Å². The van der Waals surface area contributed by atoms with E-state index in [-0.39, 0.29) is 0 Å². The van der Waals surface area contributed by atoms with Gasteiger partial charge in [-0.25, -0.2) is 0 Å². The van der Waals surface area contributed by atoms with Crippen LogP contribution >= 0.6 is 27.5 Å². The van der Waals surface area contributed by atoms with Gasteiger partial charge in [0, 0.05) is 24.1 Å². The zero-order valence-corrected chi connectivity index (χ0v) is 14.9. The summed E-state index contributed by atoms with van der Waals surface area (Å²) in [5.74, 6) is 0. The van der Waals surface area contributed by atoms with Crippen molar-refractivity contribution in [1.29, 1.82) is 0 Å². The molecule has 1 aromatic carbocycles. The van der Waals surface area contributed by atoms with Crippen LogP contribution in [-0.4, -0.2) is 38.9 Å². The van der Waals surface area contributed by atoms with Crippen LogP contribution in [0.15, 0.2) is 22.7 Å². The number of rotatable bonds is 8. The van der Waals surface area contributed by atoms with Crippen molar-refractivity contribution < 1.29 is 8.42 Å². The molecule has 1 saturated carbocycles. The van der Waals surface area contributed by atoms with E-state index in [1.165, 1.54) is 17.1 Å². The second kappa shape index (κ2) is 7.28. The molecule has 1 aliphatic carbocycles. The topological polar surface area (TPSA) is 61.4 Å². The minimum atomic E-state index is -3.59. The largest absolute Gasteiger partial charge is 0.314 e. The third-order valence-corrected chi connectivity index (χ3v) is 5.54. The van der Waals surface area contributed by atoms with Crippen LogP contribution in [0.3, 0.4) is 0 Å². The van der Waals surface area contributed by atoms with E-state index in [4.69, 9.17) is 11.6 Å². The van der Waals surface area contributed by atoms with Crippen LogP contribution in [0, 0.1) is 0 Å². The Balaban J connectivity index is 1.88. The lowest BCUT2D eigenvalue weighted by atomic mass is 10.3. The van der Waals surface area contributed by atoms with Crippen LogP contribution in [0.1, 0.15) is 19.3 Å². The molecule has 0 spiro atoms. The SMILES string of the molecule is CN(CCCNC1CC1)S(=O)(=O)Nc1cc(Br)ccc1Cl. The molecular weight excluding hydrogens is 378 g/mol. The van der Waals surface area contributed by atoms with Crippen molar-refractivity contribution >= 4 is 43.4 Å². The van der Waals surface area contributed by atoms with Crippen molar-refractivity contribution in [2.45, 2.75) is 25.3 Å². The van der Waals surface area contributed by atoms with Crippen molar-refractivity contribution in [3.8, 4) is 0 Å². The number of benzene rings is 1. The maximum absolute atomic E-state index is 12.2. The fourth-order valence-electron chi connectivity index (χ4n) is 1.81. The standard InChI is InChI=1S/C13H19BrClN3O2S/c1-18(8-2-7-16-11-4-5-11)21(19,20)17-13-9-10(14)3-6-12(13)15/h3,6,9,11,16-17H,2,4-5,7-8H2,1H3. The van der Waals surface area contributed by atoms with Gasteiger partial charge in [-0.2, -0.15) is 12.7 Å². The minimum Gasteiger partial charge on any atom is -0.314 e. The summed E-state index contributed by atoms with van der Waals surface area (Å²) in [6.07, 6.45) is 3.24. The molecule has 0 atom stereocenters. The van der Waals surface area contributed by atoms with Gasteiger partial charge in [-0.3, -0.25) is 4.72 Å². The molecule has 1 aromatic rings. The van der Waals surface area contributed by atoms with Crippen molar-refractivity contribution in [3.63, 3.8) is 0 Å². The summed E-state index contributed by atoms with van der Waals surface area (Å²) in [5.41, 5.74) is 0.369. The van der Waals surface area contributed by atoms with Gasteiger partial charge >= 0.3 is 10.2 Å². The van der Waals surface area contributed by atoms with Crippen molar-refractivity contribution in [2.24, 2.45) is 0 Å². The van der Waals surface area contributed by atoms with Crippen molar-refractivity contribution in [1.82, 2.24) is 9.62 Å². The van der Waals surface area contributed by atoms with Gasteiger partial charge in [0.1, 0.15) is 0 Å². The van der Waals surface area contributed by atoms with E-state index in [9.17, 15) is 8.42 Å². The van der Waals surface area contributed by atoms with Gasteiger partial charge in [0.05, 0.1) is 10.7 Å². The monoisotopic (exact) mass is 395 g/mol. The third kappa shape index (κ3) is 5.41. The van der Waals surface area contributed by atoms with Gasteiger partial charge in [-0.15, -0.1) is 0 Å². The third-order valence-electron chi connectivity index (χ3n) is 3.24. The summed E-state index contributed by atoms with van der Waals surface area (Å²) in [4.78, 5) is 0. The van der Waals surface area contributed by atoms with Crippen LogP contribution in [0.5, 0.6) is 0 Å². The Morgan fingerprint density at radius 2 is 2.14 bits per heavy atom. The fourth-order valence-corrected chi connectivity index (χ4v) is 3.36. The van der Waals surface area contributed by atoms with E-state index < -0.39 is 10.2 Å². The predicted molar refractivity (Wildman–Crippen MR) is 90.0 cm³/mol. The van der Waals surface area contributed by atoms with Gasteiger partial charge in [0.2, 0.25) is 0 Å². The van der Waals surface area contributed by atoms with Crippen LogP contribution in [0.25, 0.3) is 0 Å². The molecule has 0 aliphatic heterocycles. The van der Waals surface area contributed by atoms with Gasteiger partial charge in [0.25, 0.3) is 0 Å². The molecule has 118 valence electrons. The Labute approximate surface area is 139 Å². The summed E-state index contributed by atoms with van der Waals surface area (Å²) in [6.45, 7) is 1.29. The number of nitrogens with one attached hydrogen (secondary N) is 2. The Hall–Kier alpha value is -0.340. The van der Waals surface area contributed by atoms with Crippen LogP contribution in [0.2, 0.25) is 5.02 Å². The first-order valence-corrected chi connectivity index (χ1v) is 9.42. The first-order chi connectivity index (χ1) is 9.88. The van der Waals surface area contributed by atoms with Gasteiger partial charge in [-0.05, 0) is 44.0 Å². The van der Waals surface area contributed by atoms with E-state index in [1.807, 2.05) is 0 Å². The second-order valence-electron chi connectivity index (χ2n) is 5.13. The predicted octanol–water partition coefficient (Wildman–Crippen LogP) is 2.83. The molecule has 0 saturated heterocycles. The lowest BCUT2D eigenvalue weighted by Gasteiger charge is -2.19. The average molecular weight is 397 g/mol. The molecule has 2 rings (SSSR count). The van der Waals surface area contributed by atoms with E-state index in [0.717, 1.165) is 17.4 Å². The number of hydrogen-bond acceptors (Lipinski definition) is 3. The van der Waals surface area contributed by atoms with Crippen molar-refractivity contribution in [2.75, 3.05) is 24.9 Å². The first-order valence-electron chi connectivity index (χ1n) is 6.81. The molecule has 0 aromatic heterocycles. The van der Waals surface area contributed by atoms with Crippen LogP contribution < -0.4 is 10.0 Å². The van der Waals surface area contributed by atoms with Gasteiger partial charge < -0.3 is 5.32 Å². The summed E-state index contributed by atoms with van der Waals surface area (Å²) in [6, 6.07) is 5.68. The average Bonchev–Trinajstić information content (AvgIpc) is 3.22. The van der Waals surface area contributed by atoms with E-state index in [1.54, 1.807) is 25.2 Å². The van der Waals surface area contributed by atoms with Crippen LogP contribution in [0.4, 0.5) is 5.69 Å². The molecule has 2 N–H and O–H groups in total. The number of nitrogens with zero attached hydrogens (tertiary/aromatic N) is 1. The van der Waals surface area contributed by atoms with Crippen LogP contribution in [-0.2, 0) is 10.2 Å². The quantitative estimate of drug-likeness (QED) is 0.664. The van der Waals surface area contributed by atoms with Gasteiger partial charge in [-0.1, -0.05) is 27.5 Å². The lowest BCUT2D eigenvalue weighted by molar-refractivity contribution is 0.458. The maximum atomic E-state index is 12.2. The Kier molecular flexibility index (Phi) is 5.90. The molecule has 0 bridgehead atoms. The zero-order valence-electron chi connectivity index (χ0n) is 11.8. The molecule has 0 heterocycles. The second-order valence-corrected chi connectivity index (χ2v) is 8.24. The minimum absolute atomic E-state index is 0.366. The van der Waals surface area contributed by atoms with E-state index >= 15 is 0 Å². The molecule has 8 heteroatoms. The molecule has 1 aliphatic rings. The Bertz CT molecular complexity index is 593.